The first kappa shape index (κ1) is 17.9. The van der Waals surface area contributed by atoms with Gasteiger partial charge in [-0.2, -0.15) is 0 Å². The molecule has 0 radical (unpaired) electrons. The average molecular weight is 246 g/mol. The van der Waals surface area contributed by atoms with Gasteiger partial charge in [0.15, 0.2) is 0 Å². The number of nitrogens with two attached hydrogens (primary N) is 4. The third-order valence-electron chi connectivity index (χ3n) is 0.333. The minimum absolute atomic E-state index is 0.00694. The quantitative estimate of drug-likeness (QED) is 0.478. The van der Waals surface area contributed by atoms with Crippen molar-refractivity contribution in [2.75, 3.05) is 26.2 Å². The van der Waals surface area contributed by atoms with Crippen LogP contribution >= 0.6 is 20.2 Å². The van der Waals surface area contributed by atoms with Crippen LogP contribution in [0, 0.1) is 0 Å². The third-order valence-corrected chi connectivity index (χ3v) is 0.333. The Balaban J connectivity index is -0.0000000886. The van der Waals surface area contributed by atoms with E-state index in [1.165, 1.54) is 0 Å². The van der Waals surface area contributed by atoms with Gasteiger partial charge >= 0.3 is 33.3 Å². The van der Waals surface area contributed by atoms with Crippen molar-refractivity contribution in [3.05, 3.63) is 0 Å². The fraction of sp³-hybridized carbons (Fsp3) is 1.00. The van der Waals surface area contributed by atoms with Gasteiger partial charge in [-0.05, 0) is 0 Å². The second kappa shape index (κ2) is 30.6. The summed E-state index contributed by atoms with van der Waals surface area (Å²) in [5.41, 5.74) is 19.6. The third kappa shape index (κ3) is 101. The van der Waals surface area contributed by atoms with E-state index in [9.17, 15) is 0 Å². The molecule has 4 nitrogen and oxygen atoms in total. The zero-order valence-corrected chi connectivity index (χ0v) is 8.96. The van der Waals surface area contributed by atoms with Crippen LogP contribution < -0.4 is 22.9 Å². The second-order valence-electron chi connectivity index (χ2n) is 1.21. The Kier molecular flexibility index (Phi) is 49.8. The van der Waals surface area contributed by atoms with Gasteiger partial charge in [0.2, 0.25) is 0 Å². The molecule has 0 aromatic rings. The topological polar surface area (TPSA) is 104 Å². The molecular weight excluding hydrogens is 230 g/mol. The summed E-state index contributed by atoms with van der Waals surface area (Å²) >= 11 is 0.00694. The van der Waals surface area contributed by atoms with Crippen LogP contribution in [-0.2, 0) is 13.1 Å². The van der Waals surface area contributed by atoms with Crippen molar-refractivity contribution >= 4 is 20.2 Å². The van der Waals surface area contributed by atoms with Crippen LogP contribution in [0.25, 0.3) is 0 Å². The van der Waals surface area contributed by atoms with E-state index in [0.717, 1.165) is 0 Å². The van der Waals surface area contributed by atoms with E-state index in [4.69, 9.17) is 43.1 Å². The second-order valence-corrected chi connectivity index (χ2v) is 3.16. The maximum absolute atomic E-state index is 4.90. The molecule has 0 aliphatic carbocycles. The number of hydrogen-bond donors (Lipinski definition) is 4. The van der Waals surface area contributed by atoms with Crippen molar-refractivity contribution in [2.24, 2.45) is 22.9 Å². The average Bonchev–Trinajstić information content (AvgIpc) is 2.06. The van der Waals surface area contributed by atoms with Crippen molar-refractivity contribution < 1.29 is 13.1 Å². The van der Waals surface area contributed by atoms with Crippen LogP contribution in [-0.4, -0.2) is 26.2 Å². The van der Waals surface area contributed by atoms with E-state index in [1.807, 2.05) is 0 Å². The Labute approximate surface area is 82.5 Å². The summed E-state index contributed by atoms with van der Waals surface area (Å²) in [7, 11) is 9.59. The van der Waals surface area contributed by atoms with Crippen LogP contribution in [0.1, 0.15) is 0 Å². The van der Waals surface area contributed by atoms with E-state index in [0.29, 0.717) is 26.2 Å². The van der Waals surface area contributed by atoms with Gasteiger partial charge in [-0.15, -0.1) is 0 Å². The van der Waals surface area contributed by atoms with Crippen LogP contribution in [0.5, 0.6) is 0 Å². The zero-order valence-electron chi connectivity index (χ0n) is 6.27. The normalized spacial score (nSPS) is 7.09. The van der Waals surface area contributed by atoms with Crippen molar-refractivity contribution in [3.63, 3.8) is 0 Å². The molecular formula is C4H16Cl2MnN4. The summed E-state index contributed by atoms with van der Waals surface area (Å²) in [6, 6.07) is 0. The predicted molar refractivity (Wildman–Crippen MR) is 47.9 cm³/mol. The van der Waals surface area contributed by atoms with Gasteiger partial charge in [0.25, 0.3) is 0 Å². The maximum atomic E-state index is 4.90. The summed E-state index contributed by atoms with van der Waals surface area (Å²) < 4.78 is 0. The van der Waals surface area contributed by atoms with Gasteiger partial charge in [0.1, 0.15) is 0 Å². The van der Waals surface area contributed by atoms with Crippen LogP contribution in [0.15, 0.2) is 0 Å². The van der Waals surface area contributed by atoms with Gasteiger partial charge in [-0.3, -0.25) is 0 Å². The Morgan fingerprint density at radius 1 is 0.727 bits per heavy atom. The molecule has 0 fully saturated rings. The molecule has 0 aromatic heterocycles. The van der Waals surface area contributed by atoms with E-state index in [-0.39, 0.29) is 13.1 Å². The van der Waals surface area contributed by atoms with Crippen molar-refractivity contribution in [3.8, 4) is 0 Å². The first-order valence-electron chi connectivity index (χ1n) is 2.92. The molecule has 8 N–H and O–H groups in total. The summed E-state index contributed by atoms with van der Waals surface area (Å²) in [4.78, 5) is 0. The zero-order chi connectivity index (χ0) is 9.54. The molecule has 0 spiro atoms. The van der Waals surface area contributed by atoms with Gasteiger partial charge in [-0.25, -0.2) is 0 Å². The molecule has 0 atom stereocenters. The molecule has 0 aliphatic heterocycles. The van der Waals surface area contributed by atoms with Crippen molar-refractivity contribution in [2.45, 2.75) is 0 Å². The van der Waals surface area contributed by atoms with Crippen molar-refractivity contribution in [1.29, 1.82) is 0 Å². The van der Waals surface area contributed by atoms with Gasteiger partial charge in [-0.1, -0.05) is 0 Å². The van der Waals surface area contributed by atoms with E-state index in [2.05, 4.69) is 0 Å². The minimum atomic E-state index is 0.00694. The number of rotatable bonds is 2. The number of halogens is 2. The molecule has 0 unspecified atom stereocenters. The van der Waals surface area contributed by atoms with Crippen LogP contribution in [0.4, 0.5) is 0 Å². The summed E-state index contributed by atoms with van der Waals surface area (Å²) in [6.45, 7) is 2.39. The first-order valence-corrected chi connectivity index (χ1v) is 6.17. The van der Waals surface area contributed by atoms with Crippen LogP contribution in [0.2, 0.25) is 0 Å². The number of hydrogen-bond acceptors (Lipinski definition) is 4. The molecule has 11 heavy (non-hydrogen) atoms. The molecule has 7 heteroatoms. The fourth-order valence-electron chi connectivity index (χ4n) is 0. The van der Waals surface area contributed by atoms with Gasteiger partial charge in [0.05, 0.1) is 0 Å². The van der Waals surface area contributed by atoms with E-state index < -0.39 is 0 Å². The molecule has 0 saturated heterocycles. The summed E-state index contributed by atoms with van der Waals surface area (Å²) in [5, 5.41) is 0. The standard InChI is InChI=1S/2C2H8N2.2ClH.Mn/c2*3-1-2-4;;;/h2*1-4H2;2*1H;/q;;;;+2/p-2. The Hall–Kier alpha value is 0.939. The van der Waals surface area contributed by atoms with E-state index in [1.54, 1.807) is 0 Å². The Bertz CT molecular complexity index is 35.3. The molecule has 0 rings (SSSR count). The van der Waals surface area contributed by atoms with Gasteiger partial charge in [0, 0.05) is 26.2 Å². The fourth-order valence-corrected chi connectivity index (χ4v) is 0. The molecule has 0 aliphatic rings. The molecule has 0 heterocycles. The Morgan fingerprint density at radius 2 is 0.818 bits per heavy atom. The van der Waals surface area contributed by atoms with Crippen molar-refractivity contribution in [1.82, 2.24) is 0 Å². The SMILES string of the molecule is NCCN.NCCN.[Cl][Mn][Cl]. The monoisotopic (exact) mass is 245 g/mol. The summed E-state index contributed by atoms with van der Waals surface area (Å²) in [6.07, 6.45) is 0. The van der Waals surface area contributed by atoms with Gasteiger partial charge < -0.3 is 22.9 Å². The van der Waals surface area contributed by atoms with E-state index >= 15 is 0 Å². The Morgan fingerprint density at radius 3 is 0.818 bits per heavy atom. The predicted octanol–water partition coefficient (Wildman–Crippen LogP) is -0.816. The molecule has 73 valence electrons. The molecule has 0 aromatic carbocycles. The summed E-state index contributed by atoms with van der Waals surface area (Å²) in [5.74, 6) is 0. The first-order chi connectivity index (χ1) is 5.24. The molecule has 0 saturated carbocycles. The molecule has 0 bridgehead atoms. The van der Waals surface area contributed by atoms with Crippen LogP contribution in [0.3, 0.4) is 0 Å². The molecule has 0 amide bonds.